The van der Waals surface area contributed by atoms with E-state index in [0.717, 1.165) is 16.5 Å². The van der Waals surface area contributed by atoms with Crippen LogP contribution in [0, 0.1) is 0 Å². The molecule has 3 nitrogen and oxygen atoms in total. The maximum Gasteiger partial charge on any atom is 0.262 e. The quantitative estimate of drug-likeness (QED) is 0.680. The van der Waals surface area contributed by atoms with Gasteiger partial charge in [-0.2, -0.15) is 0 Å². The molecule has 0 aliphatic heterocycles. The Morgan fingerprint density at radius 1 is 1.14 bits per heavy atom. The zero-order valence-electron chi connectivity index (χ0n) is 11.5. The fourth-order valence-corrected chi connectivity index (χ4v) is 2.87. The summed E-state index contributed by atoms with van der Waals surface area (Å²) >= 11 is 3.27. The van der Waals surface area contributed by atoms with Gasteiger partial charge in [-0.05, 0) is 40.4 Å². The molecule has 0 atom stereocenters. The van der Waals surface area contributed by atoms with Gasteiger partial charge in [0.1, 0.15) is 0 Å². The molecule has 0 fully saturated rings. The number of carbonyl (C=O) groups excluding carboxylic acids is 1. The van der Waals surface area contributed by atoms with Crippen molar-refractivity contribution in [1.29, 1.82) is 0 Å². The molecule has 0 aliphatic carbocycles. The standard InChI is InChI=1S/C17H14BrNO2/c1-2-19(17(20)14-10-11-21-16(14)18)15-9-5-7-12-6-3-4-8-13(12)15/h3-11H,2H2,1H3. The van der Waals surface area contributed by atoms with Crippen LogP contribution in [0.5, 0.6) is 0 Å². The molecule has 3 rings (SSSR count). The molecule has 106 valence electrons. The molecule has 0 unspecified atom stereocenters. The molecule has 1 aromatic heterocycles. The first-order valence-electron chi connectivity index (χ1n) is 6.75. The van der Waals surface area contributed by atoms with Gasteiger partial charge in [-0.3, -0.25) is 4.79 Å². The average molecular weight is 344 g/mol. The van der Waals surface area contributed by atoms with E-state index in [-0.39, 0.29) is 5.91 Å². The SMILES string of the molecule is CCN(C(=O)c1ccoc1Br)c1cccc2ccccc12. The largest absolute Gasteiger partial charge is 0.457 e. The van der Waals surface area contributed by atoms with E-state index < -0.39 is 0 Å². The lowest BCUT2D eigenvalue weighted by Crippen LogP contribution is -2.30. The van der Waals surface area contributed by atoms with E-state index in [9.17, 15) is 4.79 Å². The topological polar surface area (TPSA) is 33.5 Å². The predicted octanol–water partition coefficient (Wildman–Crippen LogP) is 4.86. The molecule has 0 saturated heterocycles. The van der Waals surface area contributed by atoms with E-state index >= 15 is 0 Å². The van der Waals surface area contributed by atoms with Crippen LogP contribution in [0.25, 0.3) is 10.8 Å². The molecule has 0 saturated carbocycles. The Kier molecular flexibility index (Phi) is 3.80. The molecule has 21 heavy (non-hydrogen) atoms. The highest BCUT2D eigenvalue weighted by Gasteiger charge is 2.21. The number of hydrogen-bond acceptors (Lipinski definition) is 2. The zero-order chi connectivity index (χ0) is 14.8. The fourth-order valence-electron chi connectivity index (χ4n) is 2.46. The minimum atomic E-state index is -0.0746. The van der Waals surface area contributed by atoms with Crippen molar-refractivity contribution >= 4 is 38.3 Å². The molecule has 3 aromatic rings. The van der Waals surface area contributed by atoms with E-state index in [4.69, 9.17) is 4.42 Å². The minimum absolute atomic E-state index is 0.0746. The lowest BCUT2D eigenvalue weighted by molar-refractivity contribution is 0.0987. The Labute approximate surface area is 131 Å². The molecule has 2 aromatic carbocycles. The van der Waals surface area contributed by atoms with Crippen LogP contribution in [-0.4, -0.2) is 12.5 Å². The molecule has 0 spiro atoms. The second-order valence-corrected chi connectivity index (χ2v) is 5.38. The highest BCUT2D eigenvalue weighted by Crippen LogP contribution is 2.29. The van der Waals surface area contributed by atoms with Crippen LogP contribution < -0.4 is 4.90 Å². The van der Waals surface area contributed by atoms with Crippen LogP contribution in [0.2, 0.25) is 0 Å². The molecule has 0 N–H and O–H groups in total. The Hall–Kier alpha value is -2.07. The highest BCUT2D eigenvalue weighted by molar-refractivity contribution is 9.10. The number of carbonyl (C=O) groups is 1. The third-order valence-corrected chi connectivity index (χ3v) is 4.08. The summed E-state index contributed by atoms with van der Waals surface area (Å²) < 4.78 is 5.64. The lowest BCUT2D eigenvalue weighted by atomic mass is 10.1. The molecule has 0 bridgehead atoms. The smallest absolute Gasteiger partial charge is 0.262 e. The van der Waals surface area contributed by atoms with Gasteiger partial charge in [0.25, 0.3) is 5.91 Å². The number of nitrogens with zero attached hydrogens (tertiary/aromatic N) is 1. The van der Waals surface area contributed by atoms with Gasteiger partial charge < -0.3 is 9.32 Å². The summed E-state index contributed by atoms with van der Waals surface area (Å²) in [5.41, 5.74) is 1.44. The molecular weight excluding hydrogens is 330 g/mol. The number of furan rings is 1. The first-order valence-corrected chi connectivity index (χ1v) is 7.54. The van der Waals surface area contributed by atoms with Gasteiger partial charge >= 0.3 is 0 Å². The summed E-state index contributed by atoms with van der Waals surface area (Å²) in [7, 11) is 0. The van der Waals surface area contributed by atoms with Crippen molar-refractivity contribution in [3.63, 3.8) is 0 Å². The Morgan fingerprint density at radius 3 is 2.62 bits per heavy atom. The van der Waals surface area contributed by atoms with Crippen molar-refractivity contribution in [1.82, 2.24) is 0 Å². The maximum atomic E-state index is 12.7. The number of halogens is 1. The van der Waals surface area contributed by atoms with Crippen molar-refractivity contribution in [2.24, 2.45) is 0 Å². The van der Waals surface area contributed by atoms with Crippen molar-refractivity contribution in [2.75, 3.05) is 11.4 Å². The van der Waals surface area contributed by atoms with Crippen LogP contribution >= 0.6 is 15.9 Å². The molecule has 1 heterocycles. The number of hydrogen-bond donors (Lipinski definition) is 0. The van der Waals surface area contributed by atoms with Gasteiger partial charge in [-0.15, -0.1) is 0 Å². The Morgan fingerprint density at radius 2 is 1.90 bits per heavy atom. The summed E-state index contributed by atoms with van der Waals surface area (Å²) in [6.07, 6.45) is 1.51. The predicted molar refractivity (Wildman–Crippen MR) is 87.7 cm³/mol. The number of anilines is 1. The third kappa shape index (κ3) is 2.47. The van der Waals surface area contributed by atoms with Crippen LogP contribution in [-0.2, 0) is 0 Å². The Bertz CT molecular complexity index is 789. The van der Waals surface area contributed by atoms with E-state index in [2.05, 4.69) is 15.9 Å². The summed E-state index contributed by atoms with van der Waals surface area (Å²) in [4.78, 5) is 14.5. The second kappa shape index (κ2) is 5.74. The van der Waals surface area contributed by atoms with E-state index in [0.29, 0.717) is 16.8 Å². The van der Waals surface area contributed by atoms with Crippen LogP contribution in [0.4, 0.5) is 5.69 Å². The van der Waals surface area contributed by atoms with Gasteiger partial charge in [0.2, 0.25) is 0 Å². The van der Waals surface area contributed by atoms with E-state index in [1.807, 2.05) is 49.4 Å². The van der Waals surface area contributed by atoms with Gasteiger partial charge in [-0.25, -0.2) is 0 Å². The van der Waals surface area contributed by atoms with Gasteiger partial charge in [0, 0.05) is 11.9 Å². The Balaban J connectivity index is 2.11. The minimum Gasteiger partial charge on any atom is -0.457 e. The van der Waals surface area contributed by atoms with Crippen LogP contribution in [0.1, 0.15) is 17.3 Å². The first-order chi connectivity index (χ1) is 10.2. The van der Waals surface area contributed by atoms with Gasteiger partial charge in [-0.1, -0.05) is 36.4 Å². The fraction of sp³-hybridized carbons (Fsp3) is 0.118. The highest BCUT2D eigenvalue weighted by atomic mass is 79.9. The zero-order valence-corrected chi connectivity index (χ0v) is 13.1. The molecule has 4 heteroatoms. The number of rotatable bonds is 3. The maximum absolute atomic E-state index is 12.7. The molecule has 0 radical (unpaired) electrons. The van der Waals surface area contributed by atoms with Crippen LogP contribution in [0.15, 0.2) is 63.9 Å². The third-order valence-electron chi connectivity index (χ3n) is 3.47. The summed E-state index contributed by atoms with van der Waals surface area (Å²) in [6, 6.07) is 15.7. The van der Waals surface area contributed by atoms with Crippen molar-refractivity contribution in [3.8, 4) is 0 Å². The summed E-state index contributed by atoms with van der Waals surface area (Å²) in [5, 5.41) is 2.18. The van der Waals surface area contributed by atoms with Crippen molar-refractivity contribution in [3.05, 3.63) is 65.0 Å². The molecular formula is C17H14BrNO2. The van der Waals surface area contributed by atoms with Crippen molar-refractivity contribution < 1.29 is 9.21 Å². The molecule has 0 aliphatic rings. The monoisotopic (exact) mass is 343 g/mol. The van der Waals surface area contributed by atoms with Crippen LogP contribution in [0.3, 0.4) is 0 Å². The normalized spacial score (nSPS) is 10.8. The number of amides is 1. The summed E-state index contributed by atoms with van der Waals surface area (Å²) in [6.45, 7) is 2.55. The summed E-state index contributed by atoms with van der Waals surface area (Å²) in [5.74, 6) is -0.0746. The van der Waals surface area contributed by atoms with E-state index in [1.165, 1.54) is 6.26 Å². The molecule has 1 amide bonds. The number of fused-ring (bicyclic) bond motifs is 1. The number of benzene rings is 2. The van der Waals surface area contributed by atoms with Gasteiger partial charge in [0.15, 0.2) is 4.67 Å². The average Bonchev–Trinajstić information content (AvgIpc) is 2.94. The first kappa shape index (κ1) is 13.9. The second-order valence-electron chi connectivity index (χ2n) is 4.66. The van der Waals surface area contributed by atoms with Gasteiger partial charge in [0.05, 0.1) is 17.5 Å². The van der Waals surface area contributed by atoms with Crippen molar-refractivity contribution in [2.45, 2.75) is 6.92 Å². The van der Waals surface area contributed by atoms with E-state index in [1.54, 1.807) is 11.0 Å². The lowest BCUT2D eigenvalue weighted by Gasteiger charge is -2.22.